The lowest BCUT2D eigenvalue weighted by Crippen LogP contribution is -2.13. The molecule has 1 aromatic heterocycles. The van der Waals surface area contributed by atoms with Crippen molar-refractivity contribution in [2.45, 2.75) is 0 Å². The number of pyridine rings is 1. The number of benzene rings is 1. The molecule has 0 aliphatic carbocycles. The molecule has 20 heavy (non-hydrogen) atoms. The van der Waals surface area contributed by atoms with E-state index in [1.54, 1.807) is 6.07 Å². The Morgan fingerprint density at radius 2 is 2.05 bits per heavy atom. The molecule has 2 rings (SSSR count). The summed E-state index contributed by atoms with van der Waals surface area (Å²) in [6, 6.07) is 7.09. The highest BCUT2D eigenvalue weighted by atomic mass is 19.1. The zero-order valence-electron chi connectivity index (χ0n) is 10.6. The van der Waals surface area contributed by atoms with Gasteiger partial charge in [0, 0.05) is 18.1 Å². The standard InChI is InChI=1S/C15H12FN3O/c16-12-3-5-13(6-4-12)19-15(20)14-7-9-18-10-11(14)2-1-8-17/h3-7,9-10H,8,17H2,(H,19,20). The summed E-state index contributed by atoms with van der Waals surface area (Å²) in [5.74, 6) is 4.78. The lowest BCUT2D eigenvalue weighted by atomic mass is 10.1. The van der Waals surface area contributed by atoms with Crippen molar-refractivity contribution in [2.24, 2.45) is 5.73 Å². The fourth-order valence-corrected chi connectivity index (χ4v) is 1.57. The molecule has 3 N–H and O–H groups in total. The Labute approximate surface area is 115 Å². The van der Waals surface area contributed by atoms with Gasteiger partial charge in [0.1, 0.15) is 5.82 Å². The molecule has 0 radical (unpaired) electrons. The second kappa shape index (κ2) is 6.45. The van der Waals surface area contributed by atoms with Crippen molar-refractivity contribution in [3.8, 4) is 11.8 Å². The highest BCUT2D eigenvalue weighted by Gasteiger charge is 2.10. The number of nitrogens with zero attached hydrogens (tertiary/aromatic N) is 1. The van der Waals surface area contributed by atoms with E-state index in [-0.39, 0.29) is 18.3 Å². The van der Waals surface area contributed by atoms with Crippen LogP contribution in [0, 0.1) is 17.7 Å². The molecule has 0 bridgehead atoms. The Balaban J connectivity index is 2.23. The Kier molecular flexibility index (Phi) is 4.43. The molecule has 1 amide bonds. The van der Waals surface area contributed by atoms with Gasteiger partial charge in [0.05, 0.1) is 17.7 Å². The van der Waals surface area contributed by atoms with E-state index < -0.39 is 0 Å². The van der Waals surface area contributed by atoms with Crippen LogP contribution in [0.4, 0.5) is 10.1 Å². The van der Waals surface area contributed by atoms with Crippen LogP contribution in [-0.4, -0.2) is 17.4 Å². The number of nitrogens with one attached hydrogen (secondary N) is 1. The van der Waals surface area contributed by atoms with Gasteiger partial charge in [-0.3, -0.25) is 9.78 Å². The molecule has 1 aromatic carbocycles. The minimum atomic E-state index is -0.360. The molecule has 4 nitrogen and oxygen atoms in total. The molecule has 0 aliphatic heterocycles. The van der Waals surface area contributed by atoms with Crippen LogP contribution in [0.5, 0.6) is 0 Å². The quantitative estimate of drug-likeness (QED) is 0.817. The average Bonchev–Trinajstić information content (AvgIpc) is 2.47. The first-order valence-electron chi connectivity index (χ1n) is 5.90. The Hall–Kier alpha value is -2.71. The topological polar surface area (TPSA) is 68.0 Å². The molecule has 1 heterocycles. The summed E-state index contributed by atoms with van der Waals surface area (Å²) in [6.45, 7) is 0.202. The fraction of sp³-hybridized carbons (Fsp3) is 0.0667. The molecule has 100 valence electrons. The van der Waals surface area contributed by atoms with Gasteiger partial charge in [-0.1, -0.05) is 11.8 Å². The van der Waals surface area contributed by atoms with Crippen LogP contribution >= 0.6 is 0 Å². The van der Waals surface area contributed by atoms with Gasteiger partial charge < -0.3 is 11.1 Å². The second-order valence-corrected chi connectivity index (χ2v) is 3.89. The SMILES string of the molecule is NCC#Cc1cnccc1C(=O)Nc1ccc(F)cc1. The second-order valence-electron chi connectivity index (χ2n) is 3.89. The first-order valence-corrected chi connectivity index (χ1v) is 5.90. The van der Waals surface area contributed by atoms with Crippen LogP contribution in [-0.2, 0) is 0 Å². The van der Waals surface area contributed by atoms with E-state index >= 15 is 0 Å². The molecule has 0 saturated carbocycles. The number of hydrogen-bond donors (Lipinski definition) is 2. The van der Waals surface area contributed by atoms with Crippen LogP contribution in [0.3, 0.4) is 0 Å². The average molecular weight is 269 g/mol. The lowest BCUT2D eigenvalue weighted by molar-refractivity contribution is 0.102. The summed E-state index contributed by atoms with van der Waals surface area (Å²) in [4.78, 5) is 16.1. The maximum atomic E-state index is 12.8. The first-order chi connectivity index (χ1) is 9.70. The summed E-state index contributed by atoms with van der Waals surface area (Å²) >= 11 is 0. The Morgan fingerprint density at radius 3 is 2.75 bits per heavy atom. The van der Waals surface area contributed by atoms with Crippen molar-refractivity contribution < 1.29 is 9.18 Å². The summed E-state index contributed by atoms with van der Waals surface area (Å²) < 4.78 is 12.8. The van der Waals surface area contributed by atoms with Crippen LogP contribution < -0.4 is 11.1 Å². The van der Waals surface area contributed by atoms with Crippen molar-refractivity contribution in [3.05, 3.63) is 59.7 Å². The van der Waals surface area contributed by atoms with E-state index in [0.717, 1.165) is 0 Å². The number of amides is 1. The number of nitrogens with two attached hydrogens (primary N) is 1. The maximum absolute atomic E-state index is 12.8. The van der Waals surface area contributed by atoms with Gasteiger partial charge in [-0.05, 0) is 30.3 Å². The molecule has 0 aliphatic rings. The Bertz CT molecular complexity index is 672. The third-order valence-electron chi connectivity index (χ3n) is 2.49. The van der Waals surface area contributed by atoms with Gasteiger partial charge in [0.2, 0.25) is 0 Å². The zero-order valence-corrected chi connectivity index (χ0v) is 10.6. The van der Waals surface area contributed by atoms with E-state index in [2.05, 4.69) is 22.1 Å². The normalized spacial score (nSPS) is 9.50. The van der Waals surface area contributed by atoms with Gasteiger partial charge in [-0.15, -0.1) is 0 Å². The minimum Gasteiger partial charge on any atom is -0.322 e. The van der Waals surface area contributed by atoms with Crippen LogP contribution in [0.25, 0.3) is 0 Å². The summed E-state index contributed by atoms with van der Waals surface area (Å²) in [5, 5.41) is 2.67. The molecule has 0 atom stereocenters. The van der Waals surface area contributed by atoms with E-state index in [1.807, 2.05) is 0 Å². The third-order valence-corrected chi connectivity index (χ3v) is 2.49. The highest BCUT2D eigenvalue weighted by Crippen LogP contribution is 2.12. The molecule has 2 aromatic rings. The van der Waals surface area contributed by atoms with Gasteiger partial charge in [-0.2, -0.15) is 0 Å². The summed E-state index contributed by atoms with van der Waals surface area (Å²) in [6.07, 6.45) is 3.01. The van der Waals surface area contributed by atoms with Crippen LogP contribution in [0.2, 0.25) is 0 Å². The van der Waals surface area contributed by atoms with Gasteiger partial charge in [-0.25, -0.2) is 4.39 Å². The lowest BCUT2D eigenvalue weighted by Gasteiger charge is -2.06. The monoisotopic (exact) mass is 269 g/mol. The third kappa shape index (κ3) is 3.40. The van der Waals surface area contributed by atoms with Gasteiger partial charge in [0.15, 0.2) is 0 Å². The smallest absolute Gasteiger partial charge is 0.257 e. The van der Waals surface area contributed by atoms with Gasteiger partial charge in [0.25, 0.3) is 5.91 Å². The van der Waals surface area contributed by atoms with Crippen molar-refractivity contribution in [2.75, 3.05) is 11.9 Å². The Morgan fingerprint density at radius 1 is 1.30 bits per heavy atom. The zero-order chi connectivity index (χ0) is 14.4. The first kappa shape index (κ1) is 13.7. The maximum Gasteiger partial charge on any atom is 0.257 e. The summed E-state index contributed by atoms with van der Waals surface area (Å²) in [5.41, 5.74) is 6.71. The summed E-state index contributed by atoms with van der Waals surface area (Å²) in [7, 11) is 0. The molecule has 0 unspecified atom stereocenters. The predicted octanol–water partition coefficient (Wildman–Crippen LogP) is 1.78. The van der Waals surface area contributed by atoms with E-state index in [0.29, 0.717) is 16.8 Å². The van der Waals surface area contributed by atoms with E-state index in [1.165, 1.54) is 36.7 Å². The fourth-order valence-electron chi connectivity index (χ4n) is 1.57. The number of carbonyl (C=O) groups is 1. The van der Waals surface area contributed by atoms with Crippen molar-refractivity contribution in [1.82, 2.24) is 4.98 Å². The predicted molar refractivity (Wildman–Crippen MR) is 74.5 cm³/mol. The largest absolute Gasteiger partial charge is 0.322 e. The number of halogens is 1. The van der Waals surface area contributed by atoms with E-state index in [9.17, 15) is 9.18 Å². The van der Waals surface area contributed by atoms with Crippen LogP contribution in [0.15, 0.2) is 42.7 Å². The number of rotatable bonds is 2. The van der Waals surface area contributed by atoms with E-state index in [4.69, 9.17) is 5.73 Å². The van der Waals surface area contributed by atoms with Crippen LogP contribution in [0.1, 0.15) is 15.9 Å². The van der Waals surface area contributed by atoms with Crippen molar-refractivity contribution >= 4 is 11.6 Å². The molecule has 0 fully saturated rings. The minimum absolute atomic E-state index is 0.202. The number of aromatic nitrogens is 1. The number of carbonyl (C=O) groups excluding carboxylic acids is 1. The van der Waals surface area contributed by atoms with Crippen molar-refractivity contribution in [1.29, 1.82) is 0 Å². The van der Waals surface area contributed by atoms with Crippen molar-refractivity contribution in [3.63, 3.8) is 0 Å². The van der Waals surface area contributed by atoms with Gasteiger partial charge >= 0.3 is 0 Å². The molecule has 5 heteroatoms. The number of hydrogen-bond acceptors (Lipinski definition) is 3. The molecule has 0 saturated heterocycles. The number of anilines is 1. The highest BCUT2D eigenvalue weighted by molar-refractivity contribution is 6.05. The molecule has 0 spiro atoms. The molecular weight excluding hydrogens is 257 g/mol. The molecular formula is C15H12FN3O.